The molecular weight excluding hydrogens is 192 g/mol. The van der Waals surface area contributed by atoms with Crippen LogP contribution in [-0.2, 0) is 9.53 Å². The Morgan fingerprint density at radius 3 is 2.87 bits per heavy atom. The molecule has 0 N–H and O–H groups in total. The van der Waals surface area contributed by atoms with Gasteiger partial charge in [-0.1, -0.05) is 6.92 Å². The molecule has 0 aromatic carbocycles. The van der Waals surface area contributed by atoms with E-state index in [1.807, 2.05) is 19.9 Å². The maximum Gasteiger partial charge on any atom is 0.228 e. The molecule has 1 rings (SSSR count). The molecule has 0 aromatic heterocycles. The summed E-state index contributed by atoms with van der Waals surface area (Å²) in [5.41, 5.74) is 0. The van der Waals surface area contributed by atoms with E-state index in [0.29, 0.717) is 13.2 Å². The second-order valence-electron chi connectivity index (χ2n) is 3.99. The van der Waals surface area contributed by atoms with E-state index < -0.39 is 0 Å². The molecule has 4 nitrogen and oxygen atoms in total. The zero-order valence-corrected chi connectivity index (χ0v) is 9.40. The first kappa shape index (κ1) is 12.0. The molecule has 4 heteroatoms. The highest BCUT2D eigenvalue weighted by molar-refractivity contribution is 5.79. The van der Waals surface area contributed by atoms with E-state index in [1.54, 1.807) is 4.90 Å². The first-order valence-corrected chi connectivity index (χ1v) is 5.46. The van der Waals surface area contributed by atoms with Crippen LogP contribution >= 0.6 is 0 Å². The quantitative estimate of drug-likeness (QED) is 0.654. The summed E-state index contributed by atoms with van der Waals surface area (Å²) in [5, 5.41) is 8.63. The summed E-state index contributed by atoms with van der Waals surface area (Å²) in [4.78, 5) is 13.6. The largest absolute Gasteiger partial charge is 0.378 e. The first-order valence-electron chi connectivity index (χ1n) is 5.46. The van der Waals surface area contributed by atoms with Crippen molar-refractivity contribution in [2.45, 2.75) is 32.8 Å². The van der Waals surface area contributed by atoms with Gasteiger partial charge < -0.3 is 9.64 Å². The monoisotopic (exact) mass is 210 g/mol. The van der Waals surface area contributed by atoms with Crippen LogP contribution < -0.4 is 0 Å². The minimum Gasteiger partial charge on any atom is -0.378 e. The van der Waals surface area contributed by atoms with Gasteiger partial charge >= 0.3 is 0 Å². The molecule has 1 heterocycles. The highest BCUT2D eigenvalue weighted by atomic mass is 16.5. The third kappa shape index (κ3) is 3.21. The highest BCUT2D eigenvalue weighted by Gasteiger charge is 2.31. The van der Waals surface area contributed by atoms with Gasteiger partial charge in [-0.25, -0.2) is 0 Å². The lowest BCUT2D eigenvalue weighted by atomic mass is 10.0. The van der Waals surface area contributed by atoms with Crippen molar-refractivity contribution in [1.29, 1.82) is 5.26 Å². The maximum absolute atomic E-state index is 12.0. The second kappa shape index (κ2) is 5.72. The molecule has 1 aliphatic rings. The summed E-state index contributed by atoms with van der Waals surface area (Å²) in [7, 11) is 0. The van der Waals surface area contributed by atoms with Crippen LogP contribution in [-0.4, -0.2) is 36.6 Å². The Morgan fingerprint density at radius 2 is 2.40 bits per heavy atom. The smallest absolute Gasteiger partial charge is 0.228 e. The molecule has 0 aromatic rings. The molecule has 2 atom stereocenters. The minimum atomic E-state index is -0.0418. The second-order valence-corrected chi connectivity index (χ2v) is 3.99. The van der Waals surface area contributed by atoms with E-state index >= 15 is 0 Å². The normalized spacial score (nSPS) is 24.9. The fourth-order valence-electron chi connectivity index (χ4n) is 1.87. The topological polar surface area (TPSA) is 53.3 Å². The number of amides is 1. The van der Waals surface area contributed by atoms with Gasteiger partial charge in [-0.15, -0.1) is 0 Å². The van der Waals surface area contributed by atoms with Crippen molar-refractivity contribution < 1.29 is 9.53 Å². The summed E-state index contributed by atoms with van der Waals surface area (Å²) in [6, 6.07) is 2.03. The van der Waals surface area contributed by atoms with Crippen molar-refractivity contribution in [2.24, 2.45) is 5.92 Å². The van der Waals surface area contributed by atoms with Gasteiger partial charge in [-0.3, -0.25) is 4.79 Å². The third-order valence-corrected chi connectivity index (χ3v) is 2.61. The van der Waals surface area contributed by atoms with Gasteiger partial charge in [0.1, 0.15) is 6.54 Å². The van der Waals surface area contributed by atoms with Crippen LogP contribution in [0.3, 0.4) is 0 Å². The van der Waals surface area contributed by atoms with Crippen LogP contribution in [0, 0.1) is 17.2 Å². The Hall–Kier alpha value is -1.08. The molecule has 1 aliphatic heterocycles. The molecule has 0 saturated carbocycles. The number of nitrogens with zero attached hydrogens (tertiary/aromatic N) is 2. The lowest BCUT2D eigenvalue weighted by Gasteiger charge is -2.21. The van der Waals surface area contributed by atoms with E-state index in [-0.39, 0.29) is 24.5 Å². The molecule has 1 amide bonds. The number of nitriles is 1. The van der Waals surface area contributed by atoms with Crippen molar-refractivity contribution in [3.8, 4) is 6.07 Å². The van der Waals surface area contributed by atoms with Gasteiger partial charge in [-0.05, 0) is 19.8 Å². The zero-order chi connectivity index (χ0) is 11.3. The van der Waals surface area contributed by atoms with Gasteiger partial charge in [0, 0.05) is 6.54 Å². The minimum absolute atomic E-state index is 0.0418. The van der Waals surface area contributed by atoms with Crippen molar-refractivity contribution in [2.75, 3.05) is 19.7 Å². The molecule has 84 valence electrons. The van der Waals surface area contributed by atoms with Crippen LogP contribution in [0.2, 0.25) is 0 Å². The Kier molecular flexibility index (Phi) is 4.57. The number of rotatable bonds is 4. The predicted octanol–water partition coefficient (Wildman–Crippen LogP) is 1.17. The van der Waals surface area contributed by atoms with Gasteiger partial charge in [0.05, 0.1) is 24.7 Å². The molecule has 0 bridgehead atoms. The van der Waals surface area contributed by atoms with Gasteiger partial charge in [0.2, 0.25) is 5.91 Å². The zero-order valence-electron chi connectivity index (χ0n) is 9.40. The highest BCUT2D eigenvalue weighted by Crippen LogP contribution is 2.21. The lowest BCUT2D eigenvalue weighted by Crippen LogP contribution is -2.37. The molecule has 0 aliphatic carbocycles. The van der Waals surface area contributed by atoms with E-state index in [4.69, 9.17) is 10.00 Å². The van der Waals surface area contributed by atoms with Gasteiger partial charge in [0.25, 0.3) is 0 Å². The molecule has 1 fully saturated rings. The Labute approximate surface area is 90.8 Å². The average molecular weight is 210 g/mol. The molecule has 15 heavy (non-hydrogen) atoms. The predicted molar refractivity (Wildman–Crippen MR) is 56.0 cm³/mol. The van der Waals surface area contributed by atoms with Gasteiger partial charge in [0.15, 0.2) is 0 Å². The summed E-state index contributed by atoms with van der Waals surface area (Å²) in [5.74, 6) is 0.0302. The average Bonchev–Trinajstić information content (AvgIpc) is 2.63. The summed E-state index contributed by atoms with van der Waals surface area (Å²) < 4.78 is 5.36. The van der Waals surface area contributed by atoms with Gasteiger partial charge in [-0.2, -0.15) is 5.26 Å². The van der Waals surface area contributed by atoms with Crippen LogP contribution in [0.25, 0.3) is 0 Å². The van der Waals surface area contributed by atoms with Crippen LogP contribution in [0.4, 0.5) is 0 Å². The summed E-state index contributed by atoms with van der Waals surface area (Å²) in [6.45, 7) is 5.34. The van der Waals surface area contributed by atoms with Crippen LogP contribution in [0.1, 0.15) is 26.7 Å². The van der Waals surface area contributed by atoms with Crippen LogP contribution in [0.15, 0.2) is 0 Å². The SMILES string of the molecule is CCCN(CC#N)C(=O)C1COC(C)C1. The molecule has 2 unspecified atom stereocenters. The van der Waals surface area contributed by atoms with Crippen LogP contribution in [0.5, 0.6) is 0 Å². The van der Waals surface area contributed by atoms with E-state index in [2.05, 4.69) is 0 Å². The molecule has 0 spiro atoms. The lowest BCUT2D eigenvalue weighted by molar-refractivity contribution is -0.134. The number of ether oxygens (including phenoxy) is 1. The van der Waals surface area contributed by atoms with E-state index in [0.717, 1.165) is 12.8 Å². The standard InChI is InChI=1S/C11H18N2O2/c1-3-5-13(6-4-12)11(14)10-7-9(2)15-8-10/h9-10H,3,5-8H2,1-2H3. The van der Waals surface area contributed by atoms with Crippen molar-refractivity contribution in [3.05, 3.63) is 0 Å². The fraction of sp³-hybridized carbons (Fsp3) is 0.818. The number of hydrogen-bond acceptors (Lipinski definition) is 3. The Morgan fingerprint density at radius 1 is 1.67 bits per heavy atom. The fourth-order valence-corrected chi connectivity index (χ4v) is 1.87. The third-order valence-electron chi connectivity index (χ3n) is 2.61. The van der Waals surface area contributed by atoms with Crippen molar-refractivity contribution >= 4 is 5.91 Å². The molecule has 0 radical (unpaired) electrons. The van der Waals surface area contributed by atoms with Crippen molar-refractivity contribution in [1.82, 2.24) is 4.90 Å². The number of carbonyl (C=O) groups is 1. The number of carbonyl (C=O) groups excluding carboxylic acids is 1. The Bertz CT molecular complexity index is 260. The van der Waals surface area contributed by atoms with E-state index in [9.17, 15) is 4.79 Å². The number of hydrogen-bond donors (Lipinski definition) is 0. The summed E-state index contributed by atoms with van der Waals surface area (Å²) in [6.07, 6.45) is 1.84. The molecular formula is C11H18N2O2. The Balaban J connectivity index is 2.52. The first-order chi connectivity index (χ1) is 7.19. The maximum atomic E-state index is 12.0. The van der Waals surface area contributed by atoms with Crippen molar-refractivity contribution in [3.63, 3.8) is 0 Å². The summed E-state index contributed by atoms with van der Waals surface area (Å²) >= 11 is 0. The molecule has 1 saturated heterocycles. The van der Waals surface area contributed by atoms with E-state index in [1.165, 1.54) is 0 Å².